The normalized spacial score (nSPS) is 17.4. The van der Waals surface area contributed by atoms with Gasteiger partial charge >= 0.3 is 13.8 Å². The number of carbonyl (C=O) groups excluding carboxylic acids is 1. The van der Waals surface area contributed by atoms with Crippen molar-refractivity contribution in [3.63, 3.8) is 0 Å². The second kappa shape index (κ2) is 21.2. The summed E-state index contributed by atoms with van der Waals surface area (Å²) in [5.41, 5.74) is -0.521. The molecule has 4 aromatic rings. The zero-order valence-corrected chi connectivity index (χ0v) is 34.0. The van der Waals surface area contributed by atoms with Crippen LogP contribution in [0, 0.1) is 35.7 Å². The Kier molecular flexibility index (Phi) is 16.2. The lowest BCUT2D eigenvalue weighted by molar-refractivity contribution is -0.146. The van der Waals surface area contributed by atoms with Crippen LogP contribution in [0.3, 0.4) is 0 Å². The maximum absolute atomic E-state index is 16.1. The summed E-state index contributed by atoms with van der Waals surface area (Å²) in [7, 11) is -4.14. The molecule has 1 aliphatic rings. The quantitative estimate of drug-likeness (QED) is 0.0363. The number of allylic oxidation sites excluding steroid dienone is 2. The van der Waals surface area contributed by atoms with Crippen LogP contribution in [0.4, 0.5) is 13.2 Å². The number of halogens is 3. The highest BCUT2D eigenvalue weighted by molar-refractivity contribution is 8.00. The van der Waals surface area contributed by atoms with Gasteiger partial charge in [-0.05, 0) is 55.8 Å². The van der Waals surface area contributed by atoms with Crippen LogP contribution in [0.15, 0.2) is 111 Å². The van der Waals surface area contributed by atoms with Gasteiger partial charge in [0.15, 0.2) is 11.9 Å². The molecular weight excluding hydrogens is 809 g/mol. The number of phosphoric ester groups is 1. The summed E-state index contributed by atoms with van der Waals surface area (Å²) < 4.78 is 94.0. The molecule has 310 valence electrons. The molecule has 1 aromatic heterocycles. The highest BCUT2D eigenvalue weighted by Crippen LogP contribution is 2.50. The first-order valence-electron chi connectivity index (χ1n) is 18.2. The molecule has 2 atom stereocenters. The standard InChI is InChI=1S/C42H42F3N4O8PS/c1-5-17-54-58(51,55-18-6-2)56-23-33-13-11-29(3)19-36(33)41(50)57-42(26-49-28-47-27-48-49,37-16-15-34(43)21-39(37)45)30(4)59-35-24-52-40(53-25-35)10-8-7-9-32-14-12-31(22-46)20-38(32)44/h5-16,19-21,27-28,30,35,40H,1-2,17-18,23-26H2,3-4H3. The van der Waals surface area contributed by atoms with Crippen molar-refractivity contribution < 1.29 is 50.3 Å². The van der Waals surface area contributed by atoms with E-state index in [1.165, 1.54) is 59.4 Å². The molecule has 59 heavy (non-hydrogen) atoms. The smallest absolute Gasteiger partial charge is 0.447 e. The lowest BCUT2D eigenvalue weighted by atomic mass is 9.89. The number of phosphoric acid groups is 1. The van der Waals surface area contributed by atoms with Crippen molar-refractivity contribution in [3.05, 3.63) is 162 Å². The summed E-state index contributed by atoms with van der Waals surface area (Å²) in [6, 6.07) is 13.9. The Hall–Kier alpha value is -5.11. The Morgan fingerprint density at radius 1 is 1.05 bits per heavy atom. The van der Waals surface area contributed by atoms with E-state index in [9.17, 15) is 18.1 Å². The van der Waals surface area contributed by atoms with E-state index in [-0.39, 0.29) is 60.5 Å². The molecule has 0 bridgehead atoms. The van der Waals surface area contributed by atoms with Crippen LogP contribution in [0.1, 0.15) is 45.1 Å². The van der Waals surface area contributed by atoms with Crippen LogP contribution >= 0.6 is 19.6 Å². The zero-order chi connectivity index (χ0) is 42.4. The van der Waals surface area contributed by atoms with Gasteiger partial charge in [-0.2, -0.15) is 10.4 Å². The molecule has 0 aliphatic carbocycles. The lowest BCUT2D eigenvalue weighted by Gasteiger charge is -2.40. The molecule has 0 spiro atoms. The summed E-state index contributed by atoms with van der Waals surface area (Å²) in [4.78, 5) is 18.5. The minimum absolute atomic E-state index is 0.0154. The number of rotatable bonds is 20. The average molecular weight is 851 g/mol. The molecule has 0 radical (unpaired) electrons. The molecular formula is C42H42F3N4O8PS. The highest BCUT2D eigenvalue weighted by Gasteiger charge is 2.47. The van der Waals surface area contributed by atoms with Crippen LogP contribution in [-0.4, -0.2) is 64.0 Å². The fourth-order valence-corrected chi connectivity index (χ4v) is 8.36. The van der Waals surface area contributed by atoms with Crippen molar-refractivity contribution in [3.8, 4) is 6.07 Å². The summed E-state index contributed by atoms with van der Waals surface area (Å²) in [5, 5.41) is 12.1. The highest BCUT2D eigenvalue weighted by atomic mass is 32.2. The van der Waals surface area contributed by atoms with Gasteiger partial charge in [0.25, 0.3) is 0 Å². The van der Waals surface area contributed by atoms with Gasteiger partial charge in [0.2, 0.25) is 0 Å². The van der Waals surface area contributed by atoms with Crippen LogP contribution in [0.2, 0.25) is 0 Å². The van der Waals surface area contributed by atoms with Crippen molar-refractivity contribution in [1.82, 2.24) is 14.8 Å². The fraction of sp³-hybridized carbons (Fsp3) is 0.286. The summed E-state index contributed by atoms with van der Waals surface area (Å²) in [6.07, 6.45) is 11.1. The fourth-order valence-electron chi connectivity index (χ4n) is 5.90. The van der Waals surface area contributed by atoms with Gasteiger partial charge in [0.1, 0.15) is 30.1 Å². The van der Waals surface area contributed by atoms with Crippen molar-refractivity contribution in [2.75, 3.05) is 26.4 Å². The predicted octanol–water partition coefficient (Wildman–Crippen LogP) is 8.79. The van der Waals surface area contributed by atoms with Gasteiger partial charge in [0.05, 0.1) is 62.0 Å². The van der Waals surface area contributed by atoms with E-state index in [4.69, 9.17) is 33.0 Å². The number of nitriles is 1. The number of hydrogen-bond donors (Lipinski definition) is 0. The van der Waals surface area contributed by atoms with Crippen molar-refractivity contribution >= 4 is 31.6 Å². The molecule has 1 fully saturated rings. The average Bonchev–Trinajstić information content (AvgIpc) is 3.74. The molecule has 2 heterocycles. The molecule has 0 saturated carbocycles. The van der Waals surface area contributed by atoms with Gasteiger partial charge in [-0.25, -0.2) is 32.2 Å². The Morgan fingerprint density at radius 2 is 1.80 bits per heavy atom. The Bertz CT molecular complexity index is 2230. The number of carbonyl (C=O) groups is 1. The largest absolute Gasteiger partial charge is 0.475 e. The maximum atomic E-state index is 16.1. The third-order valence-corrected chi connectivity index (χ3v) is 11.6. The van der Waals surface area contributed by atoms with E-state index in [0.29, 0.717) is 17.2 Å². The van der Waals surface area contributed by atoms with E-state index in [2.05, 4.69) is 23.2 Å². The number of thioether (sulfide) groups is 1. The number of aryl methyl sites for hydroxylation is 1. The number of benzene rings is 3. The third kappa shape index (κ3) is 12.2. The molecule has 1 saturated heterocycles. The van der Waals surface area contributed by atoms with E-state index < -0.39 is 55.0 Å². The minimum atomic E-state index is -4.14. The van der Waals surface area contributed by atoms with E-state index in [1.807, 2.05) is 6.07 Å². The van der Waals surface area contributed by atoms with Gasteiger partial charge in [-0.3, -0.25) is 13.6 Å². The van der Waals surface area contributed by atoms with Crippen LogP contribution in [0.25, 0.3) is 6.08 Å². The van der Waals surface area contributed by atoms with Gasteiger partial charge in [-0.15, -0.1) is 24.9 Å². The first-order valence-corrected chi connectivity index (χ1v) is 20.6. The zero-order valence-electron chi connectivity index (χ0n) is 32.2. The summed E-state index contributed by atoms with van der Waals surface area (Å²) >= 11 is 1.30. The van der Waals surface area contributed by atoms with Gasteiger partial charge < -0.3 is 14.2 Å². The summed E-state index contributed by atoms with van der Waals surface area (Å²) in [5.74, 6) is -3.22. The first-order chi connectivity index (χ1) is 28.4. The monoisotopic (exact) mass is 850 g/mol. The van der Waals surface area contributed by atoms with Crippen LogP contribution < -0.4 is 0 Å². The summed E-state index contributed by atoms with van der Waals surface area (Å²) in [6.45, 7) is 10.0. The number of aromatic nitrogens is 3. The molecule has 3 aromatic carbocycles. The van der Waals surface area contributed by atoms with E-state index >= 15 is 4.39 Å². The van der Waals surface area contributed by atoms with Crippen molar-refractivity contribution in [1.29, 1.82) is 5.26 Å². The molecule has 2 unspecified atom stereocenters. The topological polar surface area (TPSA) is 144 Å². The molecule has 12 nitrogen and oxygen atoms in total. The SMILES string of the molecule is C=CCOP(=O)(OCC=C)OCc1ccc(C)cc1C(=O)OC(Cn1cncn1)(c1ccc(F)cc1F)C(C)SC1COC(C=CC=Cc2ccc(C#N)cc2F)OC1. The second-order valence-electron chi connectivity index (χ2n) is 13.1. The van der Waals surface area contributed by atoms with Gasteiger partial charge in [0, 0.05) is 22.4 Å². The Labute approximate surface area is 344 Å². The van der Waals surface area contributed by atoms with Crippen molar-refractivity contribution in [2.24, 2.45) is 0 Å². The van der Waals surface area contributed by atoms with E-state index in [1.54, 1.807) is 56.4 Å². The molecule has 5 rings (SSSR count). The van der Waals surface area contributed by atoms with Crippen LogP contribution in [0.5, 0.6) is 0 Å². The van der Waals surface area contributed by atoms with Crippen molar-refractivity contribution in [2.45, 2.75) is 49.4 Å². The Morgan fingerprint density at radius 3 is 2.44 bits per heavy atom. The lowest BCUT2D eigenvalue weighted by Crippen LogP contribution is -2.47. The molecule has 17 heteroatoms. The third-order valence-electron chi connectivity index (χ3n) is 8.82. The van der Waals surface area contributed by atoms with Crippen LogP contribution in [-0.2, 0) is 51.1 Å². The predicted molar refractivity (Wildman–Crippen MR) is 215 cm³/mol. The molecule has 0 amide bonds. The number of nitrogens with zero attached hydrogens (tertiary/aromatic N) is 4. The number of ether oxygens (including phenoxy) is 3. The Balaban J connectivity index is 1.40. The molecule has 1 aliphatic heterocycles. The van der Waals surface area contributed by atoms with E-state index in [0.717, 1.165) is 12.1 Å². The second-order valence-corrected chi connectivity index (χ2v) is 16.4. The first kappa shape index (κ1) is 45.0. The van der Waals surface area contributed by atoms with Gasteiger partial charge in [-0.1, -0.05) is 54.1 Å². The maximum Gasteiger partial charge on any atom is 0.475 e. The number of esters is 1. The number of hydrogen-bond acceptors (Lipinski definition) is 12. The molecule has 0 N–H and O–H groups in total. The minimum Gasteiger partial charge on any atom is -0.447 e.